The number of hydrogen-bond acceptors (Lipinski definition) is 2. The lowest BCUT2D eigenvalue weighted by atomic mass is 10.0. The molecule has 0 bridgehead atoms. The number of carbonyl (C=O) groups is 1. The molecule has 1 aromatic carbocycles. The monoisotopic (exact) mass is 248 g/mol. The van der Waals surface area contributed by atoms with Crippen molar-refractivity contribution >= 4 is 5.91 Å². The first kappa shape index (κ1) is 14.7. The third kappa shape index (κ3) is 4.49. The van der Waals surface area contributed by atoms with Crippen LogP contribution in [-0.4, -0.2) is 24.5 Å². The van der Waals surface area contributed by atoms with Crippen molar-refractivity contribution in [1.29, 1.82) is 0 Å². The maximum Gasteiger partial charge on any atom is 0.239 e. The van der Waals surface area contributed by atoms with Crippen molar-refractivity contribution in [3.8, 4) is 0 Å². The highest BCUT2D eigenvalue weighted by Crippen LogP contribution is 2.05. The number of rotatable bonds is 6. The van der Waals surface area contributed by atoms with Crippen LogP contribution in [0.5, 0.6) is 0 Å². The second kappa shape index (κ2) is 6.55. The quantitative estimate of drug-likeness (QED) is 0.809. The second-order valence-electron chi connectivity index (χ2n) is 5.15. The van der Waals surface area contributed by atoms with Crippen LogP contribution in [0.15, 0.2) is 24.3 Å². The normalized spacial score (nSPS) is 11.3. The fourth-order valence-electron chi connectivity index (χ4n) is 1.93. The van der Waals surface area contributed by atoms with E-state index in [1.54, 1.807) is 0 Å². The Morgan fingerprint density at radius 2 is 2.06 bits per heavy atom. The molecule has 1 rings (SSSR count). The minimum Gasteiger partial charge on any atom is -0.354 e. The molecule has 100 valence electrons. The van der Waals surface area contributed by atoms with Crippen LogP contribution in [0.3, 0.4) is 0 Å². The molecule has 1 amide bonds. The summed E-state index contributed by atoms with van der Waals surface area (Å²) in [5.41, 5.74) is 2.02. The SMILES string of the molecule is CCNC(C)(C)C(=O)NCCc1cccc(C)c1. The van der Waals surface area contributed by atoms with E-state index < -0.39 is 5.54 Å². The first-order valence-electron chi connectivity index (χ1n) is 6.54. The van der Waals surface area contributed by atoms with Gasteiger partial charge >= 0.3 is 0 Å². The summed E-state index contributed by atoms with van der Waals surface area (Å²) in [6.07, 6.45) is 0.871. The molecule has 0 heterocycles. The molecule has 0 aliphatic carbocycles. The Morgan fingerprint density at radius 3 is 2.67 bits per heavy atom. The van der Waals surface area contributed by atoms with E-state index in [0.29, 0.717) is 6.54 Å². The van der Waals surface area contributed by atoms with E-state index >= 15 is 0 Å². The van der Waals surface area contributed by atoms with Crippen LogP contribution in [-0.2, 0) is 11.2 Å². The van der Waals surface area contributed by atoms with Gasteiger partial charge in [-0.25, -0.2) is 0 Å². The van der Waals surface area contributed by atoms with Gasteiger partial charge in [0.15, 0.2) is 0 Å². The lowest BCUT2D eigenvalue weighted by molar-refractivity contribution is -0.126. The Balaban J connectivity index is 2.40. The lowest BCUT2D eigenvalue weighted by Gasteiger charge is -2.24. The highest BCUT2D eigenvalue weighted by molar-refractivity contribution is 5.85. The summed E-state index contributed by atoms with van der Waals surface area (Å²) in [4.78, 5) is 11.9. The van der Waals surface area contributed by atoms with Crippen molar-refractivity contribution in [2.24, 2.45) is 0 Å². The fourth-order valence-corrected chi connectivity index (χ4v) is 1.93. The van der Waals surface area contributed by atoms with Gasteiger partial charge in [0.25, 0.3) is 0 Å². The van der Waals surface area contributed by atoms with E-state index in [2.05, 4.69) is 41.8 Å². The van der Waals surface area contributed by atoms with Crippen LogP contribution in [0.2, 0.25) is 0 Å². The minimum atomic E-state index is -0.499. The summed E-state index contributed by atoms with van der Waals surface area (Å²) in [6, 6.07) is 8.38. The van der Waals surface area contributed by atoms with Gasteiger partial charge < -0.3 is 10.6 Å². The van der Waals surface area contributed by atoms with Gasteiger partial charge in [-0.05, 0) is 39.3 Å². The number of amides is 1. The molecule has 0 saturated carbocycles. The summed E-state index contributed by atoms with van der Waals surface area (Å²) in [5, 5.41) is 6.14. The second-order valence-corrected chi connectivity index (χ2v) is 5.15. The molecule has 2 N–H and O–H groups in total. The topological polar surface area (TPSA) is 41.1 Å². The third-order valence-electron chi connectivity index (χ3n) is 2.97. The fraction of sp³-hybridized carbons (Fsp3) is 0.533. The first-order chi connectivity index (χ1) is 8.45. The molecule has 0 unspecified atom stereocenters. The molecular formula is C15H24N2O. The van der Waals surface area contributed by atoms with Crippen LogP contribution in [0.25, 0.3) is 0 Å². The average molecular weight is 248 g/mol. The van der Waals surface area contributed by atoms with Gasteiger partial charge in [0.2, 0.25) is 5.91 Å². The van der Waals surface area contributed by atoms with Crippen molar-refractivity contribution in [3.05, 3.63) is 35.4 Å². The zero-order valence-electron chi connectivity index (χ0n) is 11.8. The number of hydrogen-bond donors (Lipinski definition) is 2. The Morgan fingerprint density at radius 1 is 1.33 bits per heavy atom. The average Bonchev–Trinajstić information content (AvgIpc) is 2.28. The summed E-state index contributed by atoms with van der Waals surface area (Å²) < 4.78 is 0. The summed E-state index contributed by atoms with van der Waals surface area (Å²) in [5.74, 6) is 0.0528. The van der Waals surface area contributed by atoms with Crippen molar-refractivity contribution in [2.45, 2.75) is 39.7 Å². The van der Waals surface area contributed by atoms with E-state index in [-0.39, 0.29) is 5.91 Å². The molecule has 18 heavy (non-hydrogen) atoms. The molecule has 3 heteroatoms. The molecule has 0 atom stereocenters. The summed E-state index contributed by atoms with van der Waals surface area (Å²) in [7, 11) is 0. The summed E-state index contributed by atoms with van der Waals surface area (Å²) in [6.45, 7) is 9.35. The van der Waals surface area contributed by atoms with Crippen molar-refractivity contribution in [3.63, 3.8) is 0 Å². The van der Waals surface area contributed by atoms with E-state index in [1.165, 1.54) is 11.1 Å². The standard InChI is InChI=1S/C15H24N2O/c1-5-17-15(3,4)14(18)16-10-9-13-8-6-7-12(2)11-13/h6-8,11,17H,5,9-10H2,1-4H3,(H,16,18). The van der Waals surface area contributed by atoms with E-state index in [1.807, 2.05) is 20.8 Å². The molecular weight excluding hydrogens is 224 g/mol. The number of nitrogens with one attached hydrogen (secondary N) is 2. The van der Waals surface area contributed by atoms with Crippen LogP contribution < -0.4 is 10.6 Å². The Hall–Kier alpha value is -1.35. The largest absolute Gasteiger partial charge is 0.354 e. The van der Waals surface area contributed by atoms with Gasteiger partial charge in [-0.2, -0.15) is 0 Å². The maximum atomic E-state index is 11.9. The molecule has 0 fully saturated rings. The van der Waals surface area contributed by atoms with E-state index in [0.717, 1.165) is 13.0 Å². The number of likely N-dealkylation sites (N-methyl/N-ethyl adjacent to an activating group) is 1. The van der Waals surface area contributed by atoms with Crippen LogP contribution in [0.1, 0.15) is 31.9 Å². The Labute approximate surface area is 110 Å². The molecule has 0 aromatic heterocycles. The van der Waals surface area contributed by atoms with Gasteiger partial charge in [0, 0.05) is 6.54 Å². The van der Waals surface area contributed by atoms with Crippen LogP contribution in [0.4, 0.5) is 0 Å². The van der Waals surface area contributed by atoms with E-state index in [4.69, 9.17) is 0 Å². The third-order valence-corrected chi connectivity index (χ3v) is 2.97. The molecule has 1 aromatic rings. The zero-order chi connectivity index (χ0) is 13.6. The van der Waals surface area contributed by atoms with Crippen molar-refractivity contribution in [1.82, 2.24) is 10.6 Å². The maximum absolute atomic E-state index is 11.9. The van der Waals surface area contributed by atoms with Gasteiger partial charge in [0.05, 0.1) is 5.54 Å². The number of aryl methyl sites for hydroxylation is 1. The Kier molecular flexibility index (Phi) is 5.35. The van der Waals surface area contributed by atoms with Crippen molar-refractivity contribution in [2.75, 3.05) is 13.1 Å². The van der Waals surface area contributed by atoms with Gasteiger partial charge in [-0.1, -0.05) is 36.8 Å². The summed E-state index contributed by atoms with van der Waals surface area (Å²) >= 11 is 0. The number of carbonyl (C=O) groups excluding carboxylic acids is 1. The molecule has 0 aliphatic rings. The molecule has 0 radical (unpaired) electrons. The number of benzene rings is 1. The molecule has 0 spiro atoms. The molecule has 0 aliphatic heterocycles. The lowest BCUT2D eigenvalue weighted by Crippen LogP contribution is -2.52. The predicted molar refractivity (Wildman–Crippen MR) is 75.6 cm³/mol. The van der Waals surface area contributed by atoms with Crippen LogP contribution in [0, 0.1) is 6.92 Å². The minimum absolute atomic E-state index is 0.0528. The molecule has 3 nitrogen and oxygen atoms in total. The highest BCUT2D eigenvalue weighted by Gasteiger charge is 2.25. The van der Waals surface area contributed by atoms with E-state index in [9.17, 15) is 4.79 Å². The predicted octanol–water partition coefficient (Wildman–Crippen LogP) is 2.04. The zero-order valence-corrected chi connectivity index (χ0v) is 11.8. The van der Waals surface area contributed by atoms with Gasteiger partial charge in [-0.3, -0.25) is 4.79 Å². The van der Waals surface area contributed by atoms with Gasteiger partial charge in [-0.15, -0.1) is 0 Å². The first-order valence-corrected chi connectivity index (χ1v) is 6.54. The Bertz CT molecular complexity index is 399. The van der Waals surface area contributed by atoms with Crippen LogP contribution >= 0.6 is 0 Å². The highest BCUT2D eigenvalue weighted by atomic mass is 16.2. The molecule has 0 saturated heterocycles. The van der Waals surface area contributed by atoms with Crippen molar-refractivity contribution < 1.29 is 4.79 Å². The van der Waals surface area contributed by atoms with Gasteiger partial charge in [0.1, 0.15) is 0 Å². The smallest absolute Gasteiger partial charge is 0.239 e.